The average molecular weight is 414 g/mol. The van der Waals surface area contributed by atoms with E-state index in [9.17, 15) is 0 Å². The molecule has 1 heterocycles. The van der Waals surface area contributed by atoms with E-state index in [4.69, 9.17) is 0 Å². The molecule has 5 rings (SSSR count). The topological polar surface area (TPSA) is 12.9 Å². The Labute approximate surface area is 184 Å². The minimum absolute atomic E-state index is 1.00. The number of benzene rings is 4. The molecule has 2 heteroatoms. The summed E-state index contributed by atoms with van der Waals surface area (Å²) in [7, 11) is -2.44. The van der Waals surface area contributed by atoms with E-state index in [1.165, 1.54) is 20.7 Å². The first-order chi connectivity index (χ1) is 15.4. The fourth-order valence-corrected chi connectivity index (χ4v) is 9.23. The molecule has 0 unspecified atom stereocenters. The maximum absolute atomic E-state index is 4.53. The standard InChI is InChI=1S/C29H23NSi/c1-4-12-25(13-5-1)31(26-14-6-2-7-15-26,27-16-8-3-9-17-27)28-21-19-24(20-22-28)29-18-10-11-23-30-29/h1-23H. The van der Waals surface area contributed by atoms with E-state index in [0.717, 1.165) is 11.3 Å². The van der Waals surface area contributed by atoms with Gasteiger partial charge in [-0.25, -0.2) is 0 Å². The maximum atomic E-state index is 4.53. The Hall–Kier alpha value is -3.75. The van der Waals surface area contributed by atoms with Crippen LogP contribution < -0.4 is 20.7 Å². The van der Waals surface area contributed by atoms with E-state index < -0.39 is 8.07 Å². The third kappa shape index (κ3) is 3.52. The van der Waals surface area contributed by atoms with Crippen LogP contribution in [0.5, 0.6) is 0 Å². The van der Waals surface area contributed by atoms with Crippen LogP contribution in [0.15, 0.2) is 140 Å². The van der Waals surface area contributed by atoms with Crippen LogP contribution in [0.2, 0.25) is 0 Å². The molecule has 1 nitrogen and oxygen atoms in total. The van der Waals surface area contributed by atoms with Gasteiger partial charge in [-0.2, -0.15) is 0 Å². The second kappa shape index (κ2) is 8.55. The van der Waals surface area contributed by atoms with Crippen LogP contribution in [0.3, 0.4) is 0 Å². The van der Waals surface area contributed by atoms with Gasteiger partial charge in [-0.05, 0) is 32.9 Å². The van der Waals surface area contributed by atoms with Crippen molar-refractivity contribution in [1.29, 1.82) is 0 Å². The molecule has 1 aromatic heterocycles. The van der Waals surface area contributed by atoms with Crippen molar-refractivity contribution in [3.63, 3.8) is 0 Å². The summed E-state index contributed by atoms with van der Waals surface area (Å²) in [6, 6.07) is 48.1. The Morgan fingerprint density at radius 2 is 0.806 bits per heavy atom. The van der Waals surface area contributed by atoms with Gasteiger partial charge in [-0.1, -0.05) is 121 Å². The molecule has 0 aliphatic rings. The largest absolute Gasteiger partial charge is 0.256 e. The van der Waals surface area contributed by atoms with E-state index in [-0.39, 0.29) is 0 Å². The Morgan fingerprint density at radius 1 is 0.387 bits per heavy atom. The first-order valence-corrected chi connectivity index (χ1v) is 12.6. The van der Waals surface area contributed by atoms with Gasteiger partial charge in [0.05, 0.1) is 5.69 Å². The Bertz CT molecular complexity index is 1140. The van der Waals surface area contributed by atoms with Gasteiger partial charge in [0.15, 0.2) is 8.07 Å². The summed E-state index contributed by atoms with van der Waals surface area (Å²) < 4.78 is 0. The molecule has 0 atom stereocenters. The van der Waals surface area contributed by atoms with Gasteiger partial charge >= 0.3 is 0 Å². The molecule has 0 aliphatic carbocycles. The molecule has 0 amide bonds. The lowest BCUT2D eigenvalue weighted by Gasteiger charge is -2.34. The van der Waals surface area contributed by atoms with E-state index >= 15 is 0 Å². The van der Waals surface area contributed by atoms with Crippen LogP contribution in [0, 0.1) is 0 Å². The fraction of sp³-hybridized carbons (Fsp3) is 0. The van der Waals surface area contributed by atoms with Gasteiger partial charge < -0.3 is 0 Å². The average Bonchev–Trinajstić information content (AvgIpc) is 2.88. The Morgan fingerprint density at radius 3 is 1.23 bits per heavy atom. The molecule has 148 valence electrons. The molecular weight excluding hydrogens is 390 g/mol. The maximum Gasteiger partial charge on any atom is 0.179 e. The van der Waals surface area contributed by atoms with Crippen molar-refractivity contribution < 1.29 is 0 Å². The van der Waals surface area contributed by atoms with Crippen molar-refractivity contribution in [2.75, 3.05) is 0 Å². The lowest BCUT2D eigenvalue weighted by Crippen LogP contribution is -2.74. The van der Waals surface area contributed by atoms with Gasteiger partial charge in [0.25, 0.3) is 0 Å². The number of rotatable bonds is 5. The first-order valence-electron chi connectivity index (χ1n) is 10.6. The second-order valence-corrected chi connectivity index (χ2v) is 11.4. The van der Waals surface area contributed by atoms with Gasteiger partial charge in [0.2, 0.25) is 0 Å². The predicted octanol–water partition coefficient (Wildman–Crippen LogP) is 4.13. The van der Waals surface area contributed by atoms with Crippen molar-refractivity contribution >= 4 is 28.8 Å². The molecule has 0 fully saturated rings. The molecular formula is C29H23NSi. The third-order valence-electron chi connectivity index (χ3n) is 5.90. The Kier molecular flexibility index (Phi) is 5.30. The zero-order valence-corrected chi connectivity index (χ0v) is 18.2. The van der Waals surface area contributed by atoms with Crippen LogP contribution in [0.1, 0.15) is 0 Å². The summed E-state index contributed by atoms with van der Waals surface area (Å²) in [5.74, 6) is 0. The van der Waals surface area contributed by atoms with Gasteiger partial charge in [0, 0.05) is 11.8 Å². The third-order valence-corrected chi connectivity index (χ3v) is 10.7. The summed E-state index contributed by atoms with van der Waals surface area (Å²) >= 11 is 0. The summed E-state index contributed by atoms with van der Waals surface area (Å²) in [6.45, 7) is 0. The zero-order chi connectivity index (χ0) is 20.9. The molecule has 31 heavy (non-hydrogen) atoms. The van der Waals surface area contributed by atoms with Crippen molar-refractivity contribution in [3.8, 4) is 11.3 Å². The molecule has 0 aliphatic heterocycles. The number of aromatic nitrogens is 1. The molecule has 0 spiro atoms. The summed E-state index contributed by atoms with van der Waals surface area (Å²) in [5, 5.41) is 5.53. The van der Waals surface area contributed by atoms with Crippen LogP contribution in [-0.4, -0.2) is 13.1 Å². The predicted molar refractivity (Wildman–Crippen MR) is 133 cm³/mol. The second-order valence-electron chi connectivity index (χ2n) is 7.64. The molecule has 0 radical (unpaired) electrons. The number of nitrogens with zero attached hydrogens (tertiary/aromatic N) is 1. The summed E-state index contributed by atoms with van der Waals surface area (Å²) in [4.78, 5) is 4.53. The molecule has 0 bridgehead atoms. The Balaban J connectivity index is 1.78. The summed E-state index contributed by atoms with van der Waals surface area (Å²) in [5.41, 5.74) is 2.14. The first kappa shape index (κ1) is 19.2. The quantitative estimate of drug-likeness (QED) is 0.312. The highest BCUT2D eigenvalue weighted by molar-refractivity contribution is 7.19. The lowest BCUT2D eigenvalue weighted by atomic mass is 10.1. The smallest absolute Gasteiger partial charge is 0.179 e. The van der Waals surface area contributed by atoms with Crippen molar-refractivity contribution in [1.82, 2.24) is 4.98 Å². The highest BCUT2D eigenvalue weighted by atomic mass is 28.3. The normalized spacial score (nSPS) is 11.2. The van der Waals surface area contributed by atoms with Gasteiger partial charge in [0.1, 0.15) is 0 Å². The van der Waals surface area contributed by atoms with Crippen molar-refractivity contribution in [3.05, 3.63) is 140 Å². The van der Waals surface area contributed by atoms with Crippen LogP contribution in [0.4, 0.5) is 0 Å². The highest BCUT2D eigenvalue weighted by Crippen LogP contribution is 2.16. The van der Waals surface area contributed by atoms with Crippen LogP contribution >= 0.6 is 0 Å². The monoisotopic (exact) mass is 413 g/mol. The molecule has 0 saturated carbocycles. The summed E-state index contributed by atoms with van der Waals surface area (Å²) in [6.07, 6.45) is 1.85. The van der Waals surface area contributed by atoms with Crippen LogP contribution in [-0.2, 0) is 0 Å². The highest BCUT2D eigenvalue weighted by Gasteiger charge is 2.41. The SMILES string of the molecule is c1ccc([Si](c2ccccc2)(c2ccccc2)c2ccc(-c3ccccn3)cc2)cc1. The number of hydrogen-bond acceptors (Lipinski definition) is 1. The van der Waals surface area contributed by atoms with E-state index in [1.54, 1.807) is 0 Å². The zero-order valence-electron chi connectivity index (χ0n) is 17.2. The molecule has 5 aromatic rings. The number of pyridine rings is 1. The minimum atomic E-state index is -2.44. The molecule has 0 saturated heterocycles. The van der Waals surface area contributed by atoms with Gasteiger partial charge in [-0.15, -0.1) is 0 Å². The van der Waals surface area contributed by atoms with E-state index in [0.29, 0.717) is 0 Å². The van der Waals surface area contributed by atoms with E-state index in [2.05, 4.69) is 126 Å². The van der Waals surface area contributed by atoms with Gasteiger partial charge in [-0.3, -0.25) is 4.98 Å². The van der Waals surface area contributed by atoms with E-state index in [1.807, 2.05) is 18.3 Å². The van der Waals surface area contributed by atoms with Crippen molar-refractivity contribution in [2.24, 2.45) is 0 Å². The van der Waals surface area contributed by atoms with Crippen LogP contribution in [0.25, 0.3) is 11.3 Å². The minimum Gasteiger partial charge on any atom is -0.256 e. The fourth-order valence-electron chi connectivity index (χ4n) is 4.49. The number of hydrogen-bond donors (Lipinski definition) is 0. The molecule has 4 aromatic carbocycles. The molecule has 0 N–H and O–H groups in total. The lowest BCUT2D eigenvalue weighted by molar-refractivity contribution is 1.33. The van der Waals surface area contributed by atoms with Crippen molar-refractivity contribution in [2.45, 2.75) is 0 Å².